The molecule has 0 saturated heterocycles. The minimum absolute atomic E-state index is 0.0775. The Labute approximate surface area is 87.7 Å². The summed E-state index contributed by atoms with van der Waals surface area (Å²) in [6, 6.07) is 13.8. The fraction of sp³-hybridized carbons (Fsp3) is 0.0769. The number of benzene rings is 1. The topological polar surface area (TPSA) is 28.0 Å². The lowest BCUT2D eigenvalue weighted by atomic mass is 10.0. The van der Waals surface area contributed by atoms with E-state index in [4.69, 9.17) is 0 Å². The Morgan fingerprint density at radius 2 is 1.67 bits per heavy atom. The maximum Gasteiger partial charge on any atom is 0.0478 e. The van der Waals surface area contributed by atoms with Crippen LogP contribution in [0, 0.1) is 0 Å². The maximum atomic E-state index is 12.0. The van der Waals surface area contributed by atoms with Crippen LogP contribution < -0.4 is 5.11 Å². The Kier molecular flexibility index (Phi) is 1.54. The second-order valence-electron chi connectivity index (χ2n) is 3.73. The van der Waals surface area contributed by atoms with Gasteiger partial charge in [0, 0.05) is 18.0 Å². The molecule has 1 aromatic carbocycles. The fourth-order valence-corrected chi connectivity index (χ4v) is 2.13. The van der Waals surface area contributed by atoms with Gasteiger partial charge in [-0.1, -0.05) is 36.4 Å². The number of nitrogens with zero attached hydrogens (tertiary/aromatic N) is 1. The summed E-state index contributed by atoms with van der Waals surface area (Å²) in [4.78, 5) is 0. The van der Waals surface area contributed by atoms with Gasteiger partial charge in [0.05, 0.1) is 0 Å². The van der Waals surface area contributed by atoms with Gasteiger partial charge in [-0.2, -0.15) is 0 Å². The first kappa shape index (κ1) is 8.36. The molecule has 1 aliphatic heterocycles. The van der Waals surface area contributed by atoms with Crippen LogP contribution in [0.4, 0.5) is 0 Å². The smallest absolute Gasteiger partial charge is 0.0478 e. The molecule has 0 bridgehead atoms. The zero-order valence-corrected chi connectivity index (χ0v) is 8.40. The lowest BCUT2D eigenvalue weighted by molar-refractivity contribution is -0.277. The number of rotatable bonds is 0. The van der Waals surface area contributed by atoms with Gasteiger partial charge in [-0.25, -0.2) is 0 Å². The molecule has 2 nitrogen and oxygen atoms in total. The van der Waals surface area contributed by atoms with Crippen molar-refractivity contribution < 1.29 is 5.11 Å². The standard InChI is InChI=1S/C13H11NO/c1-14-12-8-3-2-5-10(12)9-6-4-7-11(9)13(14)15/h2-8,15H,1H3/p-1. The van der Waals surface area contributed by atoms with Gasteiger partial charge >= 0.3 is 0 Å². The third-order valence-electron chi connectivity index (χ3n) is 2.91. The maximum absolute atomic E-state index is 12.0. The molecule has 2 aliphatic rings. The molecule has 0 amide bonds. The monoisotopic (exact) mass is 196 g/mol. The third kappa shape index (κ3) is 0.988. The predicted octanol–water partition coefficient (Wildman–Crippen LogP) is 2.36. The zero-order chi connectivity index (χ0) is 10.4. The van der Waals surface area contributed by atoms with E-state index in [1.165, 1.54) is 0 Å². The Balaban J connectivity index is 2.64. The summed E-state index contributed by atoms with van der Waals surface area (Å²) in [5, 5.41) is 13.1. The number of para-hydroxylation sites is 1. The quantitative estimate of drug-likeness (QED) is 0.542. The van der Waals surface area contributed by atoms with E-state index in [-0.39, 0.29) is 5.88 Å². The van der Waals surface area contributed by atoms with Crippen molar-refractivity contribution in [1.29, 1.82) is 0 Å². The van der Waals surface area contributed by atoms with E-state index in [1.807, 2.05) is 43.4 Å². The largest absolute Gasteiger partial charge is 0.860 e. The summed E-state index contributed by atoms with van der Waals surface area (Å²) in [6.07, 6.45) is 0. The number of hydrogen-bond donors (Lipinski definition) is 0. The van der Waals surface area contributed by atoms with Crippen molar-refractivity contribution in [2.75, 3.05) is 0 Å². The lowest BCUT2D eigenvalue weighted by Crippen LogP contribution is -2.06. The summed E-state index contributed by atoms with van der Waals surface area (Å²) in [5.74, 6) is 0.0775. The van der Waals surface area contributed by atoms with E-state index in [0.717, 1.165) is 22.0 Å². The second kappa shape index (κ2) is 2.76. The molecule has 3 rings (SSSR count). The van der Waals surface area contributed by atoms with Gasteiger partial charge < -0.3 is 9.67 Å². The Morgan fingerprint density at radius 3 is 2.53 bits per heavy atom. The van der Waals surface area contributed by atoms with E-state index < -0.39 is 0 Å². The van der Waals surface area contributed by atoms with E-state index in [0.29, 0.717) is 0 Å². The van der Waals surface area contributed by atoms with Crippen LogP contribution in [-0.2, 0) is 7.05 Å². The van der Waals surface area contributed by atoms with Gasteiger partial charge in [0.1, 0.15) is 0 Å². The molecule has 0 atom stereocenters. The number of fused-ring (bicyclic) bond motifs is 3. The average molecular weight is 196 g/mol. The number of pyridine rings is 1. The van der Waals surface area contributed by atoms with E-state index >= 15 is 0 Å². The van der Waals surface area contributed by atoms with Crippen LogP contribution in [0.25, 0.3) is 22.0 Å². The van der Waals surface area contributed by atoms with Crippen LogP contribution in [0.1, 0.15) is 0 Å². The van der Waals surface area contributed by atoms with E-state index in [1.54, 1.807) is 4.57 Å². The van der Waals surface area contributed by atoms with Gasteiger partial charge in [-0.3, -0.25) is 0 Å². The molecule has 2 heteroatoms. The summed E-state index contributed by atoms with van der Waals surface area (Å²) in [6.45, 7) is 0. The van der Waals surface area contributed by atoms with Crippen LogP contribution in [-0.4, -0.2) is 4.57 Å². The molecule has 0 saturated carbocycles. The molecule has 0 fully saturated rings. The van der Waals surface area contributed by atoms with E-state index in [2.05, 4.69) is 6.07 Å². The first-order valence-corrected chi connectivity index (χ1v) is 4.92. The van der Waals surface area contributed by atoms with Gasteiger partial charge in [0.15, 0.2) is 0 Å². The van der Waals surface area contributed by atoms with Crippen molar-refractivity contribution in [3.63, 3.8) is 0 Å². The highest BCUT2D eigenvalue weighted by atomic mass is 16.3. The molecule has 74 valence electrons. The lowest BCUT2D eigenvalue weighted by Gasteiger charge is -2.21. The molecule has 15 heavy (non-hydrogen) atoms. The summed E-state index contributed by atoms with van der Waals surface area (Å²) in [5.41, 5.74) is 2.84. The van der Waals surface area contributed by atoms with E-state index in [9.17, 15) is 5.11 Å². The minimum atomic E-state index is 0.0775. The van der Waals surface area contributed by atoms with Crippen LogP contribution in [0.3, 0.4) is 0 Å². The summed E-state index contributed by atoms with van der Waals surface area (Å²) in [7, 11) is 1.82. The highest BCUT2D eigenvalue weighted by molar-refractivity contribution is 5.98. The normalized spacial score (nSPS) is 11.3. The molecule has 0 unspecified atom stereocenters. The zero-order valence-electron chi connectivity index (χ0n) is 8.40. The Bertz CT molecular complexity index is 609. The van der Waals surface area contributed by atoms with Gasteiger partial charge in [0.25, 0.3) is 0 Å². The van der Waals surface area contributed by atoms with Crippen molar-refractivity contribution in [1.82, 2.24) is 4.57 Å². The first-order chi connectivity index (χ1) is 7.29. The number of aromatic nitrogens is 1. The number of hydrogen-bond acceptors (Lipinski definition) is 1. The molecule has 1 heterocycles. The SMILES string of the molecule is Cn1c([O-])c2cccc-2c2ccccc21. The highest BCUT2D eigenvalue weighted by Crippen LogP contribution is 2.36. The Hall–Kier alpha value is -1.96. The summed E-state index contributed by atoms with van der Waals surface area (Å²) >= 11 is 0. The molecular weight excluding hydrogens is 186 g/mol. The first-order valence-electron chi connectivity index (χ1n) is 4.92. The minimum Gasteiger partial charge on any atom is -0.860 e. The second-order valence-corrected chi connectivity index (χ2v) is 3.73. The fourth-order valence-electron chi connectivity index (χ4n) is 2.13. The average Bonchev–Trinajstić information content (AvgIpc) is 2.75. The summed E-state index contributed by atoms with van der Waals surface area (Å²) < 4.78 is 1.71. The van der Waals surface area contributed by atoms with Crippen molar-refractivity contribution >= 4 is 10.9 Å². The van der Waals surface area contributed by atoms with Crippen LogP contribution in [0.2, 0.25) is 0 Å². The third-order valence-corrected chi connectivity index (χ3v) is 2.91. The molecular formula is C13H10NO-. The van der Waals surface area contributed by atoms with Crippen LogP contribution >= 0.6 is 0 Å². The van der Waals surface area contributed by atoms with Crippen molar-refractivity contribution in [3.05, 3.63) is 42.5 Å². The Morgan fingerprint density at radius 1 is 0.933 bits per heavy atom. The number of aryl methyl sites for hydroxylation is 1. The van der Waals surface area contributed by atoms with Gasteiger partial charge in [-0.15, -0.1) is 0 Å². The van der Waals surface area contributed by atoms with Crippen molar-refractivity contribution in [2.24, 2.45) is 7.05 Å². The van der Waals surface area contributed by atoms with Crippen LogP contribution in [0.15, 0.2) is 42.5 Å². The van der Waals surface area contributed by atoms with Crippen molar-refractivity contribution in [2.45, 2.75) is 0 Å². The molecule has 1 aromatic rings. The molecule has 0 spiro atoms. The van der Waals surface area contributed by atoms with Gasteiger partial charge in [-0.05, 0) is 23.1 Å². The molecule has 0 radical (unpaired) electrons. The highest BCUT2D eigenvalue weighted by Gasteiger charge is 2.09. The van der Waals surface area contributed by atoms with Crippen molar-refractivity contribution in [3.8, 4) is 17.0 Å². The molecule has 0 aromatic heterocycles. The van der Waals surface area contributed by atoms with Gasteiger partial charge in [0.2, 0.25) is 0 Å². The predicted molar refractivity (Wildman–Crippen MR) is 59.0 cm³/mol. The molecule has 0 N–H and O–H groups in total. The van der Waals surface area contributed by atoms with Crippen LogP contribution in [0.5, 0.6) is 5.88 Å². The molecule has 1 aliphatic carbocycles.